The molecule has 3 rings (SSSR count). The maximum absolute atomic E-state index is 12.9. The van der Waals surface area contributed by atoms with Crippen molar-refractivity contribution >= 4 is 21.6 Å². The van der Waals surface area contributed by atoms with Crippen LogP contribution in [0, 0.1) is 17.0 Å². The van der Waals surface area contributed by atoms with Crippen LogP contribution in [0.4, 0.5) is 5.69 Å². The van der Waals surface area contributed by atoms with Gasteiger partial charge in [-0.2, -0.15) is 9.40 Å². The standard InChI is InChI=1S/C17H21N5O5S/c1-13-15(5-3-6-16(13)22(24)25)17(23)20-7-4-8-21(10-9-20)28(26,27)14-11-18-19(2)12-14/h3,5-6,11-12H,4,7-10H2,1-2H3. The Hall–Kier alpha value is -2.79. The second kappa shape index (κ2) is 7.68. The molecule has 1 amide bonds. The highest BCUT2D eigenvalue weighted by atomic mass is 32.2. The van der Waals surface area contributed by atoms with Crippen molar-refractivity contribution in [2.75, 3.05) is 26.2 Å². The minimum Gasteiger partial charge on any atom is -0.337 e. The van der Waals surface area contributed by atoms with Gasteiger partial charge in [0.25, 0.3) is 11.6 Å². The molecule has 0 unspecified atom stereocenters. The van der Waals surface area contributed by atoms with E-state index in [1.54, 1.807) is 24.9 Å². The molecule has 150 valence electrons. The van der Waals surface area contributed by atoms with Crippen molar-refractivity contribution in [3.8, 4) is 0 Å². The van der Waals surface area contributed by atoms with E-state index in [1.807, 2.05) is 0 Å². The Kier molecular flexibility index (Phi) is 5.47. The molecular formula is C17H21N5O5S. The average molecular weight is 407 g/mol. The number of nitro benzene ring substituents is 1. The summed E-state index contributed by atoms with van der Waals surface area (Å²) < 4.78 is 28.3. The van der Waals surface area contributed by atoms with E-state index in [-0.39, 0.29) is 41.7 Å². The number of hydrogen-bond acceptors (Lipinski definition) is 6. The summed E-state index contributed by atoms with van der Waals surface area (Å²) in [6, 6.07) is 4.39. The number of nitrogens with zero attached hydrogens (tertiary/aromatic N) is 5. The van der Waals surface area contributed by atoms with Crippen molar-refractivity contribution in [1.29, 1.82) is 0 Å². The Morgan fingerprint density at radius 2 is 1.96 bits per heavy atom. The Bertz CT molecular complexity index is 1020. The van der Waals surface area contributed by atoms with Gasteiger partial charge in [0.1, 0.15) is 4.90 Å². The molecule has 0 atom stereocenters. The highest BCUT2D eigenvalue weighted by Crippen LogP contribution is 2.23. The predicted octanol–water partition coefficient (Wildman–Crippen LogP) is 1.17. The molecule has 1 saturated heterocycles. The van der Waals surface area contributed by atoms with Crippen LogP contribution in [0.5, 0.6) is 0 Å². The zero-order valence-corrected chi connectivity index (χ0v) is 16.4. The van der Waals surface area contributed by atoms with Crippen LogP contribution in [0.3, 0.4) is 0 Å². The lowest BCUT2D eigenvalue weighted by Crippen LogP contribution is -2.37. The Labute approximate surface area is 162 Å². The van der Waals surface area contributed by atoms with Gasteiger partial charge in [-0.25, -0.2) is 8.42 Å². The van der Waals surface area contributed by atoms with E-state index >= 15 is 0 Å². The van der Waals surface area contributed by atoms with Crippen molar-refractivity contribution in [2.24, 2.45) is 7.05 Å². The van der Waals surface area contributed by atoms with Crippen LogP contribution >= 0.6 is 0 Å². The van der Waals surface area contributed by atoms with Crippen LogP contribution < -0.4 is 0 Å². The van der Waals surface area contributed by atoms with Crippen molar-refractivity contribution in [1.82, 2.24) is 19.0 Å². The molecule has 1 aliphatic heterocycles. The van der Waals surface area contributed by atoms with Gasteiger partial charge in [-0.1, -0.05) is 6.07 Å². The molecule has 1 aromatic carbocycles. The second-order valence-corrected chi connectivity index (χ2v) is 8.54. The largest absolute Gasteiger partial charge is 0.337 e. The third kappa shape index (κ3) is 3.76. The molecule has 2 heterocycles. The molecule has 1 fully saturated rings. The highest BCUT2D eigenvalue weighted by molar-refractivity contribution is 7.89. The van der Waals surface area contributed by atoms with Gasteiger partial charge in [0, 0.05) is 56.6 Å². The van der Waals surface area contributed by atoms with Gasteiger partial charge in [-0.05, 0) is 19.4 Å². The summed E-state index contributed by atoms with van der Waals surface area (Å²) in [5, 5.41) is 15.0. The summed E-state index contributed by atoms with van der Waals surface area (Å²) in [5.74, 6) is -0.332. The molecule has 1 aromatic heterocycles. The van der Waals surface area contributed by atoms with Gasteiger partial charge in [0.15, 0.2) is 0 Å². The first-order valence-electron chi connectivity index (χ1n) is 8.74. The molecule has 0 saturated carbocycles. The minimum absolute atomic E-state index is 0.110. The molecule has 0 spiro atoms. The molecule has 2 aromatic rings. The normalized spacial score (nSPS) is 16.0. The third-order valence-electron chi connectivity index (χ3n) is 4.79. The Morgan fingerprint density at radius 3 is 2.61 bits per heavy atom. The fourth-order valence-electron chi connectivity index (χ4n) is 3.24. The van der Waals surface area contributed by atoms with Gasteiger partial charge >= 0.3 is 0 Å². The maximum Gasteiger partial charge on any atom is 0.273 e. The SMILES string of the molecule is Cc1c(C(=O)N2CCCN(S(=O)(=O)c3cnn(C)c3)CC2)cccc1[N+](=O)[O-]. The summed E-state index contributed by atoms with van der Waals surface area (Å²) in [4.78, 5) is 25.2. The topological polar surface area (TPSA) is 119 Å². The number of benzene rings is 1. The average Bonchev–Trinajstić information content (AvgIpc) is 2.94. The maximum atomic E-state index is 12.9. The lowest BCUT2D eigenvalue weighted by molar-refractivity contribution is -0.385. The summed E-state index contributed by atoms with van der Waals surface area (Å²) in [6.07, 6.45) is 3.21. The lowest BCUT2D eigenvalue weighted by atomic mass is 10.1. The zero-order valence-electron chi connectivity index (χ0n) is 15.6. The number of aryl methyl sites for hydroxylation is 1. The number of carbonyl (C=O) groups excluding carboxylic acids is 1. The minimum atomic E-state index is -3.68. The van der Waals surface area contributed by atoms with Crippen molar-refractivity contribution in [2.45, 2.75) is 18.2 Å². The van der Waals surface area contributed by atoms with Crippen molar-refractivity contribution < 1.29 is 18.1 Å². The molecular weight excluding hydrogens is 386 g/mol. The number of aromatic nitrogens is 2. The number of sulfonamides is 1. The molecule has 11 heteroatoms. The van der Waals surface area contributed by atoms with Crippen LogP contribution in [-0.4, -0.2) is 64.4 Å². The monoisotopic (exact) mass is 407 g/mol. The van der Waals surface area contributed by atoms with E-state index in [0.29, 0.717) is 18.5 Å². The lowest BCUT2D eigenvalue weighted by Gasteiger charge is -2.22. The van der Waals surface area contributed by atoms with Gasteiger partial charge in [-0.3, -0.25) is 19.6 Å². The summed E-state index contributed by atoms with van der Waals surface area (Å²) in [6.45, 7) is 2.56. The molecule has 10 nitrogen and oxygen atoms in total. The second-order valence-electron chi connectivity index (χ2n) is 6.61. The van der Waals surface area contributed by atoms with Crippen molar-refractivity contribution in [3.63, 3.8) is 0 Å². The zero-order chi connectivity index (χ0) is 20.5. The van der Waals surface area contributed by atoms with E-state index in [9.17, 15) is 23.3 Å². The van der Waals surface area contributed by atoms with Gasteiger partial charge in [-0.15, -0.1) is 0 Å². The molecule has 0 N–H and O–H groups in total. The number of nitro groups is 1. The first-order chi connectivity index (χ1) is 13.2. The first-order valence-corrected chi connectivity index (χ1v) is 10.2. The third-order valence-corrected chi connectivity index (χ3v) is 6.64. The summed E-state index contributed by atoms with van der Waals surface area (Å²) in [7, 11) is -2.04. The van der Waals surface area contributed by atoms with Gasteiger partial charge < -0.3 is 4.90 Å². The summed E-state index contributed by atoms with van der Waals surface area (Å²) >= 11 is 0. The number of amides is 1. The number of rotatable bonds is 4. The fraction of sp³-hybridized carbons (Fsp3) is 0.412. The molecule has 0 radical (unpaired) electrons. The van der Waals surface area contributed by atoms with Crippen LogP contribution in [0.25, 0.3) is 0 Å². The quantitative estimate of drug-likeness (QED) is 0.554. The van der Waals surface area contributed by atoms with Crippen LogP contribution in [-0.2, 0) is 17.1 Å². The van der Waals surface area contributed by atoms with E-state index in [0.717, 1.165) is 0 Å². The first kappa shape index (κ1) is 20.0. The van der Waals surface area contributed by atoms with Crippen molar-refractivity contribution in [3.05, 3.63) is 51.8 Å². The Morgan fingerprint density at radius 1 is 1.21 bits per heavy atom. The molecule has 0 bridgehead atoms. The number of hydrogen-bond donors (Lipinski definition) is 0. The van der Waals surface area contributed by atoms with Gasteiger partial charge in [0.2, 0.25) is 10.0 Å². The summed E-state index contributed by atoms with van der Waals surface area (Å²) in [5.41, 5.74) is 0.459. The smallest absolute Gasteiger partial charge is 0.273 e. The molecule has 1 aliphatic rings. The highest BCUT2D eigenvalue weighted by Gasteiger charge is 2.30. The molecule has 0 aliphatic carbocycles. The van der Waals surface area contributed by atoms with Crippen LogP contribution in [0.2, 0.25) is 0 Å². The van der Waals surface area contributed by atoms with E-state index in [2.05, 4.69) is 5.10 Å². The fourth-order valence-corrected chi connectivity index (χ4v) is 4.70. The Balaban J connectivity index is 1.78. The van der Waals surface area contributed by atoms with Gasteiger partial charge in [0.05, 0.1) is 11.1 Å². The predicted molar refractivity (Wildman–Crippen MR) is 100 cm³/mol. The van der Waals surface area contributed by atoms with Crippen LogP contribution in [0.1, 0.15) is 22.3 Å². The van der Waals surface area contributed by atoms with E-state index in [1.165, 1.54) is 33.5 Å². The number of carbonyl (C=O) groups is 1. The van der Waals surface area contributed by atoms with Crippen LogP contribution in [0.15, 0.2) is 35.5 Å². The van der Waals surface area contributed by atoms with E-state index in [4.69, 9.17) is 0 Å². The van der Waals surface area contributed by atoms with E-state index < -0.39 is 14.9 Å². The molecule has 28 heavy (non-hydrogen) atoms.